The summed E-state index contributed by atoms with van der Waals surface area (Å²) in [4.78, 5) is 0. The zero-order chi connectivity index (χ0) is 15.5. The number of unbranched alkanes of at least 4 members (excludes halogenated alkanes) is 2. The lowest BCUT2D eigenvalue weighted by atomic mass is 10.0. The molecular formula is C20H22O2. The Labute approximate surface area is 132 Å². The second kappa shape index (κ2) is 9.78. The monoisotopic (exact) mass is 294 g/mol. The summed E-state index contributed by atoms with van der Waals surface area (Å²) >= 11 is 0. The van der Waals surface area contributed by atoms with Crippen LogP contribution < -0.4 is 0 Å². The molecule has 2 heteroatoms. The second-order valence-corrected chi connectivity index (χ2v) is 5.09. The SMILES string of the molecule is OCCCCCOCC#Cc1cccc(-c2ccccc2)c1. The summed E-state index contributed by atoms with van der Waals surface area (Å²) < 4.78 is 5.46. The number of hydrogen-bond donors (Lipinski definition) is 1. The van der Waals surface area contributed by atoms with Gasteiger partial charge in [0.15, 0.2) is 0 Å². The Balaban J connectivity index is 1.83. The molecule has 0 unspecified atom stereocenters. The van der Waals surface area contributed by atoms with Gasteiger partial charge in [-0.2, -0.15) is 0 Å². The van der Waals surface area contributed by atoms with Crippen molar-refractivity contribution in [1.82, 2.24) is 0 Å². The highest BCUT2D eigenvalue weighted by molar-refractivity contribution is 5.65. The summed E-state index contributed by atoms with van der Waals surface area (Å²) in [7, 11) is 0. The van der Waals surface area contributed by atoms with Crippen LogP contribution in [0, 0.1) is 11.8 Å². The van der Waals surface area contributed by atoms with Crippen LogP contribution in [-0.4, -0.2) is 24.9 Å². The van der Waals surface area contributed by atoms with Crippen LogP contribution in [-0.2, 0) is 4.74 Å². The molecule has 2 nitrogen and oxygen atoms in total. The van der Waals surface area contributed by atoms with E-state index in [1.54, 1.807) is 0 Å². The number of aliphatic hydroxyl groups excluding tert-OH is 1. The fourth-order valence-corrected chi connectivity index (χ4v) is 2.16. The van der Waals surface area contributed by atoms with Crippen LogP contribution in [0.4, 0.5) is 0 Å². The minimum absolute atomic E-state index is 0.261. The van der Waals surface area contributed by atoms with E-state index >= 15 is 0 Å². The topological polar surface area (TPSA) is 29.5 Å². The highest BCUT2D eigenvalue weighted by Crippen LogP contribution is 2.19. The Kier molecular flexibility index (Phi) is 7.25. The molecule has 0 radical (unpaired) electrons. The lowest BCUT2D eigenvalue weighted by Crippen LogP contribution is -1.95. The molecule has 0 aromatic heterocycles. The third-order valence-electron chi connectivity index (χ3n) is 3.32. The van der Waals surface area contributed by atoms with E-state index in [-0.39, 0.29) is 6.61 Å². The fraction of sp³-hybridized carbons (Fsp3) is 0.300. The number of benzene rings is 2. The molecule has 0 bridgehead atoms. The van der Waals surface area contributed by atoms with E-state index in [0.29, 0.717) is 13.2 Å². The van der Waals surface area contributed by atoms with E-state index in [4.69, 9.17) is 9.84 Å². The maximum absolute atomic E-state index is 8.67. The first-order chi connectivity index (χ1) is 10.9. The van der Waals surface area contributed by atoms with Crippen LogP contribution in [0.5, 0.6) is 0 Å². The van der Waals surface area contributed by atoms with Gasteiger partial charge in [0.1, 0.15) is 6.61 Å². The van der Waals surface area contributed by atoms with Gasteiger partial charge in [-0.1, -0.05) is 54.3 Å². The summed E-state index contributed by atoms with van der Waals surface area (Å²) in [6, 6.07) is 18.5. The van der Waals surface area contributed by atoms with Gasteiger partial charge in [0.2, 0.25) is 0 Å². The lowest BCUT2D eigenvalue weighted by molar-refractivity contribution is 0.159. The smallest absolute Gasteiger partial charge is 0.108 e. The third-order valence-corrected chi connectivity index (χ3v) is 3.32. The summed E-state index contributed by atoms with van der Waals surface area (Å²) in [6.07, 6.45) is 2.83. The van der Waals surface area contributed by atoms with Crippen molar-refractivity contribution >= 4 is 0 Å². The van der Waals surface area contributed by atoms with Crippen LogP contribution in [0.3, 0.4) is 0 Å². The molecule has 22 heavy (non-hydrogen) atoms. The Morgan fingerprint density at radius 3 is 2.50 bits per heavy atom. The minimum atomic E-state index is 0.261. The van der Waals surface area contributed by atoms with Crippen LogP contribution in [0.1, 0.15) is 24.8 Å². The van der Waals surface area contributed by atoms with Gasteiger partial charge >= 0.3 is 0 Å². The largest absolute Gasteiger partial charge is 0.396 e. The second-order valence-electron chi connectivity index (χ2n) is 5.09. The molecule has 2 aromatic rings. The summed E-state index contributed by atoms with van der Waals surface area (Å²) in [5.41, 5.74) is 3.38. The Morgan fingerprint density at radius 2 is 1.68 bits per heavy atom. The fourth-order valence-electron chi connectivity index (χ4n) is 2.16. The minimum Gasteiger partial charge on any atom is -0.396 e. The van der Waals surface area contributed by atoms with Gasteiger partial charge in [-0.25, -0.2) is 0 Å². The van der Waals surface area contributed by atoms with Crippen molar-refractivity contribution in [2.24, 2.45) is 0 Å². The molecule has 0 aliphatic carbocycles. The highest BCUT2D eigenvalue weighted by atomic mass is 16.5. The lowest BCUT2D eigenvalue weighted by Gasteiger charge is -2.01. The molecule has 0 spiro atoms. The van der Waals surface area contributed by atoms with Gasteiger partial charge < -0.3 is 9.84 Å². The molecule has 114 valence electrons. The predicted octanol–water partition coefficient (Wildman–Crippen LogP) is 3.88. The van der Waals surface area contributed by atoms with Crippen molar-refractivity contribution < 1.29 is 9.84 Å². The van der Waals surface area contributed by atoms with Crippen LogP contribution in [0.2, 0.25) is 0 Å². The van der Waals surface area contributed by atoms with Gasteiger partial charge in [0, 0.05) is 18.8 Å². The normalized spacial score (nSPS) is 10.0. The summed E-state index contributed by atoms with van der Waals surface area (Å²) in [5, 5.41) is 8.67. The number of rotatable bonds is 7. The van der Waals surface area contributed by atoms with Gasteiger partial charge in [-0.05, 0) is 42.5 Å². The quantitative estimate of drug-likeness (QED) is 0.620. The van der Waals surface area contributed by atoms with Crippen molar-refractivity contribution in [3.63, 3.8) is 0 Å². The van der Waals surface area contributed by atoms with Crippen molar-refractivity contribution in [2.45, 2.75) is 19.3 Å². The van der Waals surface area contributed by atoms with Crippen molar-refractivity contribution in [3.05, 3.63) is 60.2 Å². The molecule has 0 heterocycles. The molecule has 2 rings (SSSR count). The van der Waals surface area contributed by atoms with Gasteiger partial charge in [-0.3, -0.25) is 0 Å². The molecule has 0 amide bonds. The first-order valence-electron chi connectivity index (χ1n) is 7.73. The standard InChI is InChI=1S/C20H22O2/c21-14-5-2-6-15-22-16-8-10-18-9-7-13-20(17-18)19-11-3-1-4-12-19/h1,3-4,7,9,11-13,17,21H,2,5-6,14-16H2. The van der Waals surface area contributed by atoms with Crippen molar-refractivity contribution in [1.29, 1.82) is 0 Å². The first kappa shape index (κ1) is 16.3. The Morgan fingerprint density at radius 1 is 0.864 bits per heavy atom. The molecule has 0 fully saturated rings. The highest BCUT2D eigenvalue weighted by Gasteiger charge is 1.96. The number of ether oxygens (including phenoxy) is 1. The molecule has 0 atom stereocenters. The summed E-state index contributed by atoms with van der Waals surface area (Å²) in [6.45, 7) is 1.42. The molecule has 2 aromatic carbocycles. The van der Waals surface area contributed by atoms with Gasteiger partial charge in [-0.15, -0.1) is 0 Å². The van der Waals surface area contributed by atoms with Gasteiger partial charge in [0.05, 0.1) is 0 Å². The van der Waals surface area contributed by atoms with E-state index < -0.39 is 0 Å². The van der Waals surface area contributed by atoms with Crippen LogP contribution in [0.25, 0.3) is 11.1 Å². The zero-order valence-electron chi connectivity index (χ0n) is 12.8. The van der Waals surface area contributed by atoms with E-state index in [1.165, 1.54) is 11.1 Å². The van der Waals surface area contributed by atoms with Crippen molar-refractivity contribution in [2.75, 3.05) is 19.8 Å². The average Bonchev–Trinajstić information content (AvgIpc) is 2.58. The maximum Gasteiger partial charge on any atom is 0.108 e. The summed E-state index contributed by atoms with van der Waals surface area (Å²) in [5.74, 6) is 6.19. The average molecular weight is 294 g/mol. The Bertz CT molecular complexity index is 608. The molecule has 0 saturated heterocycles. The maximum atomic E-state index is 8.67. The number of aliphatic hydroxyl groups is 1. The van der Waals surface area contributed by atoms with Crippen molar-refractivity contribution in [3.8, 4) is 23.0 Å². The van der Waals surface area contributed by atoms with Gasteiger partial charge in [0.25, 0.3) is 0 Å². The molecule has 0 saturated carbocycles. The van der Waals surface area contributed by atoms with E-state index in [0.717, 1.165) is 24.8 Å². The van der Waals surface area contributed by atoms with Crippen LogP contribution in [0.15, 0.2) is 54.6 Å². The molecular weight excluding hydrogens is 272 g/mol. The number of hydrogen-bond acceptors (Lipinski definition) is 2. The Hall–Kier alpha value is -2.08. The molecule has 1 N–H and O–H groups in total. The predicted molar refractivity (Wildman–Crippen MR) is 90.5 cm³/mol. The van der Waals surface area contributed by atoms with E-state index in [9.17, 15) is 0 Å². The molecule has 0 aliphatic rings. The first-order valence-corrected chi connectivity index (χ1v) is 7.73. The molecule has 0 aliphatic heterocycles. The van der Waals surface area contributed by atoms with Crippen LogP contribution >= 0.6 is 0 Å². The third kappa shape index (κ3) is 5.73. The zero-order valence-corrected chi connectivity index (χ0v) is 12.8. The van der Waals surface area contributed by atoms with E-state index in [1.807, 2.05) is 30.3 Å². The van der Waals surface area contributed by atoms with E-state index in [2.05, 4.69) is 36.1 Å².